The first-order valence-corrected chi connectivity index (χ1v) is 4.98. The number of rotatable bonds is 4. The van der Waals surface area contributed by atoms with E-state index in [9.17, 15) is 4.79 Å². The van der Waals surface area contributed by atoms with Gasteiger partial charge >= 0.3 is 0 Å². The van der Waals surface area contributed by atoms with Gasteiger partial charge in [-0.25, -0.2) is 0 Å². The van der Waals surface area contributed by atoms with Crippen molar-refractivity contribution < 1.29 is 9.90 Å². The van der Waals surface area contributed by atoms with Crippen molar-refractivity contribution in [2.75, 3.05) is 0 Å². The zero-order valence-electron chi connectivity index (χ0n) is 8.71. The van der Waals surface area contributed by atoms with Gasteiger partial charge in [0.1, 0.15) is 0 Å². The SMILES string of the molecule is CCC(=O)c1cc(CO)ccc1CC. The van der Waals surface area contributed by atoms with Crippen molar-refractivity contribution in [1.29, 1.82) is 0 Å². The van der Waals surface area contributed by atoms with Gasteiger partial charge in [-0.05, 0) is 23.6 Å². The number of aliphatic hydroxyl groups excluding tert-OH is 1. The molecule has 0 unspecified atom stereocenters. The lowest BCUT2D eigenvalue weighted by Crippen LogP contribution is -2.03. The molecule has 0 saturated heterocycles. The molecule has 76 valence electrons. The Bertz CT molecular complexity index is 329. The van der Waals surface area contributed by atoms with Gasteiger partial charge < -0.3 is 5.11 Å². The van der Waals surface area contributed by atoms with E-state index in [2.05, 4.69) is 0 Å². The highest BCUT2D eigenvalue weighted by Gasteiger charge is 2.08. The Kier molecular flexibility index (Phi) is 3.84. The monoisotopic (exact) mass is 192 g/mol. The van der Waals surface area contributed by atoms with Crippen LogP contribution >= 0.6 is 0 Å². The van der Waals surface area contributed by atoms with Crippen molar-refractivity contribution >= 4 is 5.78 Å². The van der Waals surface area contributed by atoms with Gasteiger partial charge in [-0.2, -0.15) is 0 Å². The summed E-state index contributed by atoms with van der Waals surface area (Å²) in [6.07, 6.45) is 1.37. The Morgan fingerprint density at radius 3 is 2.57 bits per heavy atom. The van der Waals surface area contributed by atoms with E-state index in [1.807, 2.05) is 26.0 Å². The smallest absolute Gasteiger partial charge is 0.162 e. The molecule has 1 aromatic carbocycles. The predicted molar refractivity (Wildman–Crippen MR) is 56.4 cm³/mol. The van der Waals surface area contributed by atoms with Crippen molar-refractivity contribution in [1.82, 2.24) is 0 Å². The predicted octanol–water partition coefficient (Wildman–Crippen LogP) is 2.33. The molecule has 0 aliphatic carbocycles. The summed E-state index contributed by atoms with van der Waals surface area (Å²) in [7, 11) is 0. The van der Waals surface area contributed by atoms with Crippen LogP contribution in [0.5, 0.6) is 0 Å². The molecule has 0 amide bonds. The summed E-state index contributed by atoms with van der Waals surface area (Å²) in [5.74, 6) is 0.150. The van der Waals surface area contributed by atoms with Crippen LogP contribution < -0.4 is 0 Å². The number of carbonyl (C=O) groups is 1. The number of hydrogen-bond acceptors (Lipinski definition) is 2. The van der Waals surface area contributed by atoms with Crippen LogP contribution in [0.1, 0.15) is 41.8 Å². The van der Waals surface area contributed by atoms with Crippen LogP contribution in [0.25, 0.3) is 0 Å². The fraction of sp³-hybridized carbons (Fsp3) is 0.417. The van der Waals surface area contributed by atoms with Crippen LogP contribution in [-0.4, -0.2) is 10.9 Å². The highest BCUT2D eigenvalue weighted by Crippen LogP contribution is 2.15. The van der Waals surface area contributed by atoms with E-state index in [-0.39, 0.29) is 12.4 Å². The molecule has 2 heteroatoms. The third-order valence-electron chi connectivity index (χ3n) is 2.36. The molecule has 0 spiro atoms. The quantitative estimate of drug-likeness (QED) is 0.743. The van der Waals surface area contributed by atoms with Gasteiger partial charge in [0.25, 0.3) is 0 Å². The first-order valence-electron chi connectivity index (χ1n) is 4.98. The summed E-state index contributed by atoms with van der Waals surface area (Å²) in [5.41, 5.74) is 2.63. The lowest BCUT2D eigenvalue weighted by atomic mass is 9.98. The number of ketones is 1. The minimum Gasteiger partial charge on any atom is -0.392 e. The van der Waals surface area contributed by atoms with E-state index in [1.54, 1.807) is 6.07 Å². The lowest BCUT2D eigenvalue weighted by molar-refractivity contribution is 0.0987. The molecule has 2 nitrogen and oxygen atoms in total. The summed E-state index contributed by atoms with van der Waals surface area (Å²) < 4.78 is 0. The summed E-state index contributed by atoms with van der Waals surface area (Å²) >= 11 is 0. The van der Waals surface area contributed by atoms with E-state index in [0.717, 1.165) is 23.1 Å². The Balaban J connectivity index is 3.14. The van der Waals surface area contributed by atoms with Gasteiger partial charge in [0, 0.05) is 12.0 Å². The van der Waals surface area contributed by atoms with E-state index in [1.165, 1.54) is 0 Å². The van der Waals surface area contributed by atoms with Crippen LogP contribution in [0.3, 0.4) is 0 Å². The summed E-state index contributed by atoms with van der Waals surface area (Å²) in [5, 5.41) is 8.97. The second kappa shape index (κ2) is 4.91. The molecule has 0 aliphatic rings. The molecule has 0 bridgehead atoms. The second-order valence-electron chi connectivity index (χ2n) is 3.28. The van der Waals surface area contributed by atoms with Gasteiger partial charge in [-0.3, -0.25) is 4.79 Å². The van der Waals surface area contributed by atoms with Crippen molar-refractivity contribution in [2.24, 2.45) is 0 Å². The first kappa shape index (κ1) is 10.9. The maximum absolute atomic E-state index is 11.6. The Hall–Kier alpha value is -1.15. The van der Waals surface area contributed by atoms with Crippen LogP contribution in [0.2, 0.25) is 0 Å². The van der Waals surface area contributed by atoms with Gasteiger partial charge in [-0.1, -0.05) is 26.0 Å². The molecule has 1 rings (SSSR count). The Labute approximate surface area is 84.6 Å². The second-order valence-corrected chi connectivity index (χ2v) is 3.28. The fourth-order valence-electron chi connectivity index (χ4n) is 1.48. The van der Waals surface area contributed by atoms with Crippen LogP contribution in [0.4, 0.5) is 0 Å². The Morgan fingerprint density at radius 1 is 1.36 bits per heavy atom. The minimum absolute atomic E-state index is 0.00596. The topological polar surface area (TPSA) is 37.3 Å². The molecular weight excluding hydrogens is 176 g/mol. The van der Waals surface area contributed by atoms with Crippen molar-refractivity contribution in [2.45, 2.75) is 33.3 Å². The zero-order valence-corrected chi connectivity index (χ0v) is 8.71. The van der Waals surface area contributed by atoms with E-state index >= 15 is 0 Å². The van der Waals surface area contributed by atoms with Crippen molar-refractivity contribution in [3.05, 3.63) is 34.9 Å². The van der Waals surface area contributed by atoms with Crippen molar-refractivity contribution in [3.8, 4) is 0 Å². The minimum atomic E-state index is -0.00596. The molecule has 0 radical (unpaired) electrons. The van der Waals surface area contributed by atoms with Crippen LogP contribution in [0.15, 0.2) is 18.2 Å². The highest BCUT2D eigenvalue weighted by atomic mass is 16.3. The summed E-state index contributed by atoms with van der Waals surface area (Å²) in [4.78, 5) is 11.6. The maximum Gasteiger partial charge on any atom is 0.162 e. The highest BCUT2D eigenvalue weighted by molar-refractivity contribution is 5.97. The average Bonchev–Trinajstić information content (AvgIpc) is 2.27. The molecule has 0 heterocycles. The van der Waals surface area contributed by atoms with Crippen LogP contribution in [-0.2, 0) is 13.0 Å². The average molecular weight is 192 g/mol. The third kappa shape index (κ3) is 2.20. The fourth-order valence-corrected chi connectivity index (χ4v) is 1.48. The van der Waals surface area contributed by atoms with Gasteiger partial charge in [0.15, 0.2) is 5.78 Å². The summed E-state index contributed by atoms with van der Waals surface area (Å²) in [6.45, 7) is 3.88. The molecule has 0 atom stereocenters. The number of aliphatic hydroxyl groups is 1. The zero-order chi connectivity index (χ0) is 10.6. The largest absolute Gasteiger partial charge is 0.392 e. The molecule has 0 saturated carbocycles. The number of carbonyl (C=O) groups excluding carboxylic acids is 1. The molecule has 0 fully saturated rings. The number of Topliss-reactive ketones (excluding diaryl/α,β-unsaturated/α-hetero) is 1. The van der Waals surface area contributed by atoms with Gasteiger partial charge in [-0.15, -0.1) is 0 Å². The van der Waals surface area contributed by atoms with Crippen LogP contribution in [0, 0.1) is 0 Å². The molecule has 0 aromatic heterocycles. The third-order valence-corrected chi connectivity index (χ3v) is 2.36. The molecular formula is C12H16O2. The van der Waals surface area contributed by atoms with E-state index in [0.29, 0.717) is 6.42 Å². The number of aryl methyl sites for hydroxylation is 1. The first-order chi connectivity index (χ1) is 6.72. The van der Waals surface area contributed by atoms with Crippen molar-refractivity contribution in [3.63, 3.8) is 0 Å². The summed E-state index contributed by atoms with van der Waals surface area (Å²) in [6, 6.07) is 5.59. The van der Waals surface area contributed by atoms with E-state index < -0.39 is 0 Å². The van der Waals surface area contributed by atoms with E-state index in [4.69, 9.17) is 5.11 Å². The molecule has 0 aliphatic heterocycles. The molecule has 1 aromatic rings. The number of hydrogen-bond donors (Lipinski definition) is 1. The lowest BCUT2D eigenvalue weighted by Gasteiger charge is -2.07. The maximum atomic E-state index is 11.6. The molecule has 1 N–H and O–H groups in total. The standard InChI is InChI=1S/C12H16O2/c1-3-10-6-5-9(8-13)7-11(10)12(14)4-2/h5-7,13H,3-4,8H2,1-2H3. The van der Waals surface area contributed by atoms with Gasteiger partial charge in [0.05, 0.1) is 6.61 Å². The van der Waals surface area contributed by atoms with Gasteiger partial charge in [0.2, 0.25) is 0 Å². The Morgan fingerprint density at radius 2 is 2.07 bits per heavy atom. The number of benzene rings is 1. The molecule has 14 heavy (non-hydrogen) atoms. The normalized spacial score (nSPS) is 10.2.